The third kappa shape index (κ3) is 5.00. The van der Waals surface area contributed by atoms with E-state index in [0.717, 1.165) is 17.9 Å². The first-order valence-corrected chi connectivity index (χ1v) is 9.45. The third-order valence-corrected chi connectivity index (χ3v) is 5.41. The Bertz CT molecular complexity index is 869. The van der Waals surface area contributed by atoms with Gasteiger partial charge in [-0.2, -0.15) is 5.26 Å². The molecule has 1 unspecified atom stereocenters. The van der Waals surface area contributed by atoms with Gasteiger partial charge in [0.2, 0.25) is 0 Å². The Morgan fingerprint density at radius 1 is 1.37 bits per heavy atom. The van der Waals surface area contributed by atoms with Gasteiger partial charge in [-0.15, -0.1) is 0 Å². The summed E-state index contributed by atoms with van der Waals surface area (Å²) in [6, 6.07) is 13.0. The van der Waals surface area contributed by atoms with Crippen molar-refractivity contribution in [1.82, 2.24) is 4.90 Å². The largest absolute Gasteiger partial charge is 0.491 e. The van der Waals surface area contributed by atoms with Gasteiger partial charge in [-0.05, 0) is 55.8 Å². The van der Waals surface area contributed by atoms with E-state index in [-0.39, 0.29) is 5.82 Å². The quantitative estimate of drug-likeness (QED) is 0.781. The van der Waals surface area contributed by atoms with Crippen LogP contribution in [0.5, 0.6) is 5.75 Å². The first-order valence-electron chi connectivity index (χ1n) is 8.64. The summed E-state index contributed by atoms with van der Waals surface area (Å²) in [6.07, 6.45) is 1.53. The molecule has 7 heteroatoms. The van der Waals surface area contributed by atoms with Crippen LogP contribution in [0.3, 0.4) is 0 Å². The van der Waals surface area contributed by atoms with E-state index < -0.39 is 12.0 Å². The smallest absolute Gasteiger partial charge is 0.320 e. The molecule has 5 nitrogen and oxygen atoms in total. The minimum Gasteiger partial charge on any atom is -0.491 e. The van der Waals surface area contributed by atoms with E-state index in [0.29, 0.717) is 35.8 Å². The molecule has 0 spiro atoms. The van der Waals surface area contributed by atoms with Crippen LogP contribution in [0.1, 0.15) is 18.4 Å². The fourth-order valence-corrected chi connectivity index (χ4v) is 4.07. The van der Waals surface area contributed by atoms with E-state index in [1.54, 1.807) is 30.3 Å². The molecule has 1 aliphatic rings. The number of carboxylic acid groups (broad SMARTS) is 1. The number of carboxylic acids is 1. The van der Waals surface area contributed by atoms with E-state index in [4.69, 9.17) is 10.00 Å². The lowest BCUT2D eigenvalue weighted by Crippen LogP contribution is -2.38. The first-order chi connectivity index (χ1) is 13.1. The van der Waals surface area contributed by atoms with Crippen molar-refractivity contribution >= 4 is 17.7 Å². The van der Waals surface area contributed by atoms with Crippen molar-refractivity contribution in [2.24, 2.45) is 0 Å². The average Bonchev–Trinajstić information content (AvgIpc) is 3.12. The number of nitrogens with zero attached hydrogens (tertiary/aromatic N) is 2. The summed E-state index contributed by atoms with van der Waals surface area (Å²) in [5, 5.41) is 18.4. The highest BCUT2D eigenvalue weighted by atomic mass is 32.2. The lowest BCUT2D eigenvalue weighted by molar-refractivity contribution is -0.142. The average molecular weight is 386 g/mol. The second-order valence-electron chi connectivity index (χ2n) is 6.21. The maximum absolute atomic E-state index is 13.4. The first kappa shape index (κ1) is 19.2. The Hall–Kier alpha value is -2.56. The van der Waals surface area contributed by atoms with Crippen LogP contribution in [0.15, 0.2) is 52.3 Å². The zero-order chi connectivity index (χ0) is 19.2. The molecule has 140 valence electrons. The number of hydrogen-bond donors (Lipinski definition) is 1. The number of rotatable bonds is 7. The molecule has 1 N–H and O–H groups in total. The zero-order valence-electron chi connectivity index (χ0n) is 14.6. The number of likely N-dealkylation sites (tertiary alicyclic amines) is 1. The van der Waals surface area contributed by atoms with Crippen molar-refractivity contribution in [2.75, 3.05) is 19.7 Å². The van der Waals surface area contributed by atoms with Crippen LogP contribution in [0.4, 0.5) is 4.39 Å². The third-order valence-electron chi connectivity index (χ3n) is 4.38. The molecule has 27 heavy (non-hydrogen) atoms. The Morgan fingerprint density at radius 2 is 2.22 bits per heavy atom. The summed E-state index contributed by atoms with van der Waals surface area (Å²) in [5.74, 6) is -0.532. The highest BCUT2D eigenvalue weighted by molar-refractivity contribution is 7.99. The van der Waals surface area contributed by atoms with Crippen molar-refractivity contribution in [3.63, 3.8) is 0 Å². The van der Waals surface area contributed by atoms with Crippen molar-refractivity contribution in [3.05, 3.63) is 53.8 Å². The summed E-state index contributed by atoms with van der Waals surface area (Å²) in [6.45, 7) is 1.60. The van der Waals surface area contributed by atoms with E-state index in [2.05, 4.69) is 6.07 Å². The number of halogens is 1. The topological polar surface area (TPSA) is 73.6 Å². The number of carbonyl (C=O) groups is 1. The van der Waals surface area contributed by atoms with Gasteiger partial charge in [0, 0.05) is 11.4 Å². The lowest BCUT2D eigenvalue weighted by Gasteiger charge is -2.21. The van der Waals surface area contributed by atoms with Crippen LogP contribution in [-0.2, 0) is 4.79 Å². The molecule has 0 bridgehead atoms. The fraction of sp³-hybridized carbons (Fsp3) is 0.300. The van der Waals surface area contributed by atoms with Gasteiger partial charge in [-0.1, -0.05) is 17.8 Å². The molecule has 0 saturated carbocycles. The zero-order valence-corrected chi connectivity index (χ0v) is 15.4. The van der Waals surface area contributed by atoms with Crippen molar-refractivity contribution in [2.45, 2.75) is 28.7 Å². The van der Waals surface area contributed by atoms with Crippen LogP contribution < -0.4 is 4.74 Å². The van der Waals surface area contributed by atoms with Crippen molar-refractivity contribution < 1.29 is 19.0 Å². The van der Waals surface area contributed by atoms with Crippen LogP contribution in [-0.4, -0.2) is 41.7 Å². The minimum atomic E-state index is -0.798. The van der Waals surface area contributed by atoms with Gasteiger partial charge in [0.25, 0.3) is 0 Å². The molecular formula is C20H19FN2O3S. The number of nitriles is 1. The van der Waals surface area contributed by atoms with E-state index in [9.17, 15) is 14.3 Å². The van der Waals surface area contributed by atoms with E-state index >= 15 is 0 Å². The highest BCUT2D eigenvalue weighted by Gasteiger charge is 2.30. The summed E-state index contributed by atoms with van der Waals surface area (Å²) < 4.78 is 19.3. The standard InChI is InChI=1S/C20H19FN2O3S/c21-15-3-1-4-16(12-15)27-19-11-14(13-22)6-7-18(19)26-10-9-23-8-2-5-17(23)20(24)25/h1,3-4,6-7,11-12,17H,2,5,8-10H2,(H,24,25). The molecule has 0 aliphatic carbocycles. The summed E-state index contributed by atoms with van der Waals surface area (Å²) in [7, 11) is 0. The van der Waals surface area contributed by atoms with Gasteiger partial charge in [0.1, 0.15) is 24.2 Å². The SMILES string of the molecule is N#Cc1ccc(OCCN2CCCC2C(=O)O)c(Sc2cccc(F)c2)c1. The van der Waals surface area contributed by atoms with E-state index in [1.807, 2.05) is 4.90 Å². The van der Waals surface area contributed by atoms with Gasteiger partial charge in [-0.3, -0.25) is 9.69 Å². The predicted octanol–water partition coefficient (Wildman–Crippen LogP) is 3.78. The molecule has 2 aromatic carbocycles. The molecule has 0 amide bonds. The molecular weight excluding hydrogens is 367 g/mol. The molecule has 1 atom stereocenters. The second-order valence-corrected chi connectivity index (χ2v) is 7.33. The van der Waals surface area contributed by atoms with Crippen LogP contribution in [0.2, 0.25) is 0 Å². The Morgan fingerprint density at radius 3 is 2.96 bits per heavy atom. The van der Waals surface area contributed by atoms with E-state index in [1.165, 1.54) is 23.9 Å². The monoisotopic (exact) mass is 386 g/mol. The van der Waals surface area contributed by atoms with Gasteiger partial charge >= 0.3 is 5.97 Å². The maximum atomic E-state index is 13.4. The Labute approximate surface area is 161 Å². The van der Waals surface area contributed by atoms with Crippen LogP contribution in [0.25, 0.3) is 0 Å². The van der Waals surface area contributed by atoms with Gasteiger partial charge in [0.05, 0.1) is 16.5 Å². The van der Waals surface area contributed by atoms with Crippen molar-refractivity contribution in [1.29, 1.82) is 5.26 Å². The molecule has 1 saturated heterocycles. The number of ether oxygens (including phenoxy) is 1. The second kappa shape index (κ2) is 8.89. The molecule has 1 heterocycles. The molecule has 1 fully saturated rings. The molecule has 3 rings (SSSR count). The lowest BCUT2D eigenvalue weighted by atomic mass is 10.2. The number of aliphatic carboxylic acids is 1. The Kier molecular flexibility index (Phi) is 6.32. The predicted molar refractivity (Wildman–Crippen MR) is 99.4 cm³/mol. The molecule has 2 aromatic rings. The molecule has 0 aromatic heterocycles. The highest BCUT2D eigenvalue weighted by Crippen LogP contribution is 2.36. The fourth-order valence-electron chi connectivity index (χ4n) is 3.08. The molecule has 1 aliphatic heterocycles. The number of hydrogen-bond acceptors (Lipinski definition) is 5. The Balaban J connectivity index is 1.69. The summed E-state index contributed by atoms with van der Waals surface area (Å²) in [4.78, 5) is 14.6. The molecule has 0 radical (unpaired) electrons. The van der Waals surface area contributed by atoms with Gasteiger partial charge < -0.3 is 9.84 Å². The maximum Gasteiger partial charge on any atom is 0.320 e. The van der Waals surface area contributed by atoms with Crippen molar-refractivity contribution in [3.8, 4) is 11.8 Å². The van der Waals surface area contributed by atoms with Gasteiger partial charge in [-0.25, -0.2) is 4.39 Å². The van der Waals surface area contributed by atoms with Crippen LogP contribution in [0, 0.1) is 17.1 Å². The summed E-state index contributed by atoms with van der Waals surface area (Å²) in [5.41, 5.74) is 0.492. The minimum absolute atomic E-state index is 0.326. The normalized spacial score (nSPS) is 16.8. The van der Waals surface area contributed by atoms with Crippen LogP contribution >= 0.6 is 11.8 Å². The number of benzene rings is 2. The summed E-state index contributed by atoms with van der Waals surface area (Å²) >= 11 is 1.32. The van der Waals surface area contributed by atoms with Gasteiger partial charge in [0.15, 0.2) is 0 Å².